The molecule has 0 atom stereocenters. The molecule has 0 amide bonds. The van der Waals surface area contributed by atoms with Gasteiger partial charge >= 0.3 is 16.1 Å². The van der Waals surface area contributed by atoms with Gasteiger partial charge < -0.3 is 13.7 Å². The third-order valence-electron chi connectivity index (χ3n) is 2.45. The lowest BCUT2D eigenvalue weighted by Crippen LogP contribution is -2.23. The number of hydrogen-bond acceptors (Lipinski definition) is 6. The Kier molecular flexibility index (Phi) is 3.48. The molecule has 0 spiro atoms. The van der Waals surface area contributed by atoms with Gasteiger partial charge in [-0.25, -0.2) is 4.79 Å². The van der Waals surface area contributed by atoms with Crippen LogP contribution in [0, 0.1) is 0 Å². The molecule has 0 N–H and O–H groups in total. The molecular weight excluding hydrogens is 272 g/mol. The van der Waals surface area contributed by atoms with E-state index in [-0.39, 0.29) is 12.4 Å². The summed E-state index contributed by atoms with van der Waals surface area (Å²) in [6, 6.07) is 4.67. The number of methoxy groups -OCH3 is 1. The Hall–Kier alpha value is -2.02. The average molecular weight is 284 g/mol. The first-order valence-corrected chi connectivity index (χ1v) is 6.90. The lowest BCUT2D eigenvalue weighted by molar-refractivity contribution is -0.137. The monoisotopic (exact) mass is 284 g/mol. The Morgan fingerprint density at radius 1 is 1.37 bits per heavy atom. The number of fused-ring (bicyclic) bond motifs is 1. The minimum atomic E-state index is -4.15. The van der Waals surface area contributed by atoms with Gasteiger partial charge in [-0.15, -0.1) is 0 Å². The molecule has 6 nitrogen and oxygen atoms in total. The molecule has 1 aliphatic heterocycles. The van der Waals surface area contributed by atoms with Crippen LogP contribution in [-0.4, -0.2) is 28.1 Å². The average Bonchev–Trinajstić information content (AvgIpc) is 2.36. The van der Waals surface area contributed by atoms with Crippen LogP contribution in [0.5, 0.6) is 11.5 Å². The topological polar surface area (TPSA) is 78.9 Å². The molecular formula is C12H12O6S. The van der Waals surface area contributed by atoms with Crippen LogP contribution in [0.15, 0.2) is 23.1 Å². The standard InChI is InChI=1S/C12H12O6S/c1-3-17-12(13)11-6-8-4-5-9(16-2)7-10(8)18-19(11,14)15/h4-7H,3H2,1-2H3. The molecule has 1 aliphatic rings. The van der Waals surface area contributed by atoms with E-state index in [4.69, 9.17) is 8.92 Å². The minimum absolute atomic E-state index is 0.0845. The summed E-state index contributed by atoms with van der Waals surface area (Å²) in [5, 5.41) is 0. The summed E-state index contributed by atoms with van der Waals surface area (Å²) < 4.78 is 38.2. The summed E-state index contributed by atoms with van der Waals surface area (Å²) >= 11 is 0. The molecule has 0 saturated heterocycles. The second kappa shape index (κ2) is 4.93. The summed E-state index contributed by atoms with van der Waals surface area (Å²) in [6.45, 7) is 1.68. The number of ether oxygens (including phenoxy) is 2. The highest BCUT2D eigenvalue weighted by atomic mass is 32.2. The Morgan fingerprint density at radius 2 is 2.11 bits per heavy atom. The molecule has 2 rings (SSSR count). The number of esters is 1. The van der Waals surface area contributed by atoms with Gasteiger partial charge in [0.25, 0.3) is 0 Å². The second-order valence-electron chi connectivity index (χ2n) is 3.67. The smallest absolute Gasteiger partial charge is 0.353 e. The highest BCUT2D eigenvalue weighted by Crippen LogP contribution is 2.34. The van der Waals surface area contributed by atoms with Crippen molar-refractivity contribution in [1.82, 2.24) is 0 Å². The predicted molar refractivity (Wildman–Crippen MR) is 67.2 cm³/mol. The molecule has 1 aromatic rings. The fourth-order valence-electron chi connectivity index (χ4n) is 1.57. The van der Waals surface area contributed by atoms with Crippen LogP contribution in [0.4, 0.5) is 0 Å². The number of carbonyl (C=O) groups excluding carboxylic acids is 1. The SMILES string of the molecule is CCOC(=O)C1=Cc2ccc(OC)cc2OS1(=O)=O. The molecule has 19 heavy (non-hydrogen) atoms. The highest BCUT2D eigenvalue weighted by molar-refractivity contribution is 7.92. The number of benzene rings is 1. The zero-order chi connectivity index (χ0) is 14.0. The first-order valence-electron chi connectivity index (χ1n) is 5.49. The predicted octanol–water partition coefficient (Wildman–Crippen LogP) is 1.32. The van der Waals surface area contributed by atoms with E-state index in [1.165, 1.54) is 19.3 Å². The molecule has 0 aromatic heterocycles. The summed E-state index contributed by atoms with van der Waals surface area (Å²) in [5.74, 6) is -0.349. The second-order valence-corrected chi connectivity index (χ2v) is 5.19. The highest BCUT2D eigenvalue weighted by Gasteiger charge is 2.33. The zero-order valence-electron chi connectivity index (χ0n) is 10.4. The van der Waals surface area contributed by atoms with Crippen LogP contribution in [0.1, 0.15) is 12.5 Å². The van der Waals surface area contributed by atoms with E-state index in [9.17, 15) is 13.2 Å². The molecule has 7 heteroatoms. The van der Waals surface area contributed by atoms with Crippen LogP contribution < -0.4 is 8.92 Å². The number of hydrogen-bond donors (Lipinski definition) is 0. The van der Waals surface area contributed by atoms with Gasteiger partial charge in [0.05, 0.1) is 13.7 Å². The fourth-order valence-corrected chi connectivity index (χ4v) is 2.58. The lowest BCUT2D eigenvalue weighted by Gasteiger charge is -2.17. The van der Waals surface area contributed by atoms with Gasteiger partial charge in [-0.3, -0.25) is 0 Å². The quantitative estimate of drug-likeness (QED) is 0.615. The summed E-state index contributed by atoms with van der Waals surface area (Å²) in [6.07, 6.45) is 1.23. The van der Waals surface area contributed by atoms with Crippen LogP contribution in [-0.2, 0) is 19.6 Å². The van der Waals surface area contributed by atoms with E-state index in [0.29, 0.717) is 11.3 Å². The molecule has 0 fully saturated rings. The van der Waals surface area contributed by atoms with Crippen molar-refractivity contribution in [3.8, 4) is 11.5 Å². The van der Waals surface area contributed by atoms with Crippen molar-refractivity contribution in [3.63, 3.8) is 0 Å². The Labute approximate surface area is 110 Å². The maximum Gasteiger partial charge on any atom is 0.353 e. The Balaban J connectivity index is 2.50. The summed E-state index contributed by atoms with van der Waals surface area (Å²) in [5.41, 5.74) is 0.471. The third-order valence-corrected chi connectivity index (χ3v) is 3.67. The summed E-state index contributed by atoms with van der Waals surface area (Å²) in [4.78, 5) is 11.1. The Bertz CT molecular complexity index is 644. The van der Waals surface area contributed by atoms with Crippen LogP contribution >= 0.6 is 0 Å². The van der Waals surface area contributed by atoms with Gasteiger partial charge in [-0.2, -0.15) is 8.42 Å². The van der Waals surface area contributed by atoms with Crippen LogP contribution in [0.2, 0.25) is 0 Å². The van der Waals surface area contributed by atoms with Crippen molar-refractivity contribution in [2.75, 3.05) is 13.7 Å². The van der Waals surface area contributed by atoms with Gasteiger partial charge in [0, 0.05) is 11.6 Å². The van der Waals surface area contributed by atoms with Gasteiger partial charge in [-0.05, 0) is 25.1 Å². The van der Waals surface area contributed by atoms with Gasteiger partial charge in [0.15, 0.2) is 10.7 Å². The van der Waals surface area contributed by atoms with Crippen LogP contribution in [0.25, 0.3) is 6.08 Å². The minimum Gasteiger partial charge on any atom is -0.497 e. The van der Waals surface area contributed by atoms with Crippen molar-refractivity contribution in [1.29, 1.82) is 0 Å². The van der Waals surface area contributed by atoms with Gasteiger partial charge in [0.2, 0.25) is 0 Å². The van der Waals surface area contributed by atoms with E-state index in [1.54, 1.807) is 19.1 Å². The van der Waals surface area contributed by atoms with E-state index < -0.39 is 21.0 Å². The molecule has 1 heterocycles. The largest absolute Gasteiger partial charge is 0.497 e. The van der Waals surface area contributed by atoms with Crippen molar-refractivity contribution in [3.05, 3.63) is 28.7 Å². The molecule has 0 unspecified atom stereocenters. The number of rotatable bonds is 3. The third kappa shape index (κ3) is 2.55. The maximum atomic E-state index is 11.8. The number of carbonyl (C=O) groups is 1. The molecule has 0 saturated carbocycles. The van der Waals surface area contributed by atoms with Gasteiger partial charge in [-0.1, -0.05) is 0 Å². The molecule has 0 aliphatic carbocycles. The molecule has 102 valence electrons. The molecule has 0 bridgehead atoms. The maximum absolute atomic E-state index is 11.8. The fraction of sp³-hybridized carbons (Fsp3) is 0.250. The lowest BCUT2D eigenvalue weighted by atomic mass is 10.1. The first-order chi connectivity index (χ1) is 8.97. The molecule has 1 aromatic carbocycles. The van der Waals surface area contributed by atoms with Crippen molar-refractivity contribution in [2.45, 2.75) is 6.92 Å². The van der Waals surface area contributed by atoms with Crippen LogP contribution in [0.3, 0.4) is 0 Å². The first kappa shape index (κ1) is 13.4. The van der Waals surface area contributed by atoms with E-state index in [2.05, 4.69) is 4.74 Å². The summed E-state index contributed by atoms with van der Waals surface area (Å²) in [7, 11) is -2.70. The normalized spacial score (nSPS) is 15.8. The van der Waals surface area contributed by atoms with Crippen molar-refractivity contribution >= 4 is 22.2 Å². The van der Waals surface area contributed by atoms with Crippen molar-refractivity contribution < 1.29 is 26.9 Å². The zero-order valence-corrected chi connectivity index (χ0v) is 11.2. The van der Waals surface area contributed by atoms with E-state index >= 15 is 0 Å². The van der Waals surface area contributed by atoms with E-state index in [1.807, 2.05) is 0 Å². The van der Waals surface area contributed by atoms with Gasteiger partial charge in [0.1, 0.15) is 5.75 Å². The van der Waals surface area contributed by atoms with E-state index in [0.717, 1.165) is 0 Å². The van der Waals surface area contributed by atoms with Crippen molar-refractivity contribution in [2.24, 2.45) is 0 Å². The molecule has 0 radical (unpaired) electrons. The Morgan fingerprint density at radius 3 is 2.74 bits per heavy atom.